The summed E-state index contributed by atoms with van der Waals surface area (Å²) in [6, 6.07) is 21.7. The van der Waals surface area contributed by atoms with E-state index in [2.05, 4.69) is 12.2 Å². The van der Waals surface area contributed by atoms with Crippen LogP contribution in [0.2, 0.25) is 10.0 Å². The number of halogens is 2. The fourth-order valence-corrected chi connectivity index (χ4v) is 4.34. The summed E-state index contributed by atoms with van der Waals surface area (Å²) in [5.41, 5.74) is 2.70. The predicted octanol–water partition coefficient (Wildman–Crippen LogP) is 6.10. The van der Waals surface area contributed by atoms with E-state index >= 15 is 0 Å². The first-order valence-electron chi connectivity index (χ1n) is 12.2. The number of benzene rings is 3. The maximum atomic E-state index is 13.6. The fourth-order valence-electron chi connectivity index (χ4n) is 3.82. The van der Waals surface area contributed by atoms with Crippen molar-refractivity contribution in [2.75, 3.05) is 13.2 Å². The van der Waals surface area contributed by atoms with Crippen molar-refractivity contribution in [2.24, 2.45) is 0 Å². The molecule has 0 aliphatic rings. The predicted molar refractivity (Wildman–Crippen MR) is 146 cm³/mol. The molecule has 3 aromatic carbocycles. The van der Waals surface area contributed by atoms with E-state index < -0.39 is 6.04 Å². The van der Waals surface area contributed by atoms with Crippen molar-refractivity contribution in [3.8, 4) is 5.75 Å². The highest BCUT2D eigenvalue weighted by molar-refractivity contribution is 6.36. The molecule has 5 nitrogen and oxygen atoms in total. The lowest BCUT2D eigenvalue weighted by Gasteiger charge is -2.32. The van der Waals surface area contributed by atoms with Crippen LogP contribution in [-0.2, 0) is 29.0 Å². The van der Waals surface area contributed by atoms with Gasteiger partial charge in [0.2, 0.25) is 5.91 Å². The molecule has 3 rings (SSSR count). The molecule has 36 heavy (non-hydrogen) atoms. The third-order valence-corrected chi connectivity index (χ3v) is 6.61. The van der Waals surface area contributed by atoms with Crippen molar-refractivity contribution >= 4 is 35.0 Å². The molecule has 0 bridgehead atoms. The van der Waals surface area contributed by atoms with Crippen LogP contribution in [0, 0.1) is 0 Å². The van der Waals surface area contributed by atoms with Crippen molar-refractivity contribution in [1.29, 1.82) is 0 Å². The Morgan fingerprint density at radius 3 is 2.17 bits per heavy atom. The van der Waals surface area contributed by atoms with Gasteiger partial charge in [0.1, 0.15) is 11.8 Å². The average molecular weight is 527 g/mol. The van der Waals surface area contributed by atoms with E-state index in [1.54, 1.807) is 18.2 Å². The first-order chi connectivity index (χ1) is 17.4. The highest BCUT2D eigenvalue weighted by Crippen LogP contribution is 2.27. The van der Waals surface area contributed by atoms with Crippen molar-refractivity contribution in [1.82, 2.24) is 10.2 Å². The largest absolute Gasteiger partial charge is 0.484 e. The number of rotatable bonds is 12. The number of nitrogens with one attached hydrogen (secondary N) is 1. The van der Waals surface area contributed by atoms with Crippen molar-refractivity contribution in [3.63, 3.8) is 0 Å². The number of ether oxygens (including phenoxy) is 1. The van der Waals surface area contributed by atoms with Gasteiger partial charge in [0, 0.05) is 35.1 Å². The van der Waals surface area contributed by atoms with Crippen LogP contribution in [0.3, 0.4) is 0 Å². The highest BCUT2D eigenvalue weighted by atomic mass is 35.5. The lowest BCUT2D eigenvalue weighted by Crippen LogP contribution is -2.51. The molecule has 0 aromatic heterocycles. The van der Waals surface area contributed by atoms with E-state index in [4.69, 9.17) is 27.9 Å². The van der Waals surface area contributed by atoms with E-state index in [9.17, 15) is 9.59 Å². The molecule has 0 fully saturated rings. The second kappa shape index (κ2) is 13.9. The van der Waals surface area contributed by atoms with Crippen LogP contribution >= 0.6 is 23.2 Å². The molecule has 0 saturated heterocycles. The number of carbonyl (C=O) groups is 2. The lowest BCUT2D eigenvalue weighted by molar-refractivity contribution is -0.142. The van der Waals surface area contributed by atoms with Gasteiger partial charge in [-0.25, -0.2) is 0 Å². The summed E-state index contributed by atoms with van der Waals surface area (Å²) in [6.07, 6.45) is 2.04. The van der Waals surface area contributed by atoms with Crippen molar-refractivity contribution in [2.45, 2.75) is 45.7 Å². The molecule has 0 spiro atoms. The summed E-state index contributed by atoms with van der Waals surface area (Å²) in [5.74, 6) is 0.0222. The Balaban J connectivity index is 1.92. The number of carbonyl (C=O) groups excluding carboxylic acids is 2. The normalized spacial score (nSPS) is 11.6. The van der Waals surface area contributed by atoms with E-state index in [-0.39, 0.29) is 25.0 Å². The van der Waals surface area contributed by atoms with Crippen LogP contribution in [0.25, 0.3) is 0 Å². The number of hydrogen-bond acceptors (Lipinski definition) is 3. The zero-order valence-corrected chi connectivity index (χ0v) is 22.2. The average Bonchev–Trinajstić information content (AvgIpc) is 2.90. The number of aryl methyl sites for hydroxylation is 1. The molecule has 1 N–H and O–H groups in total. The van der Waals surface area contributed by atoms with Gasteiger partial charge in [0.05, 0.1) is 0 Å². The maximum absolute atomic E-state index is 13.6. The Morgan fingerprint density at radius 2 is 1.56 bits per heavy atom. The Bertz CT molecular complexity index is 1120. The van der Waals surface area contributed by atoms with Gasteiger partial charge >= 0.3 is 0 Å². The molecular weight excluding hydrogens is 495 g/mol. The Hall–Kier alpha value is -3.02. The molecule has 0 aliphatic carbocycles. The Kier molecular flexibility index (Phi) is 10.6. The van der Waals surface area contributed by atoms with E-state index in [0.29, 0.717) is 34.3 Å². The van der Waals surface area contributed by atoms with Gasteiger partial charge in [-0.2, -0.15) is 0 Å². The topological polar surface area (TPSA) is 58.6 Å². The summed E-state index contributed by atoms with van der Waals surface area (Å²) in [5, 5.41) is 3.82. The third-order valence-electron chi connectivity index (χ3n) is 5.90. The monoisotopic (exact) mass is 526 g/mol. The number of amides is 2. The molecule has 0 radical (unpaired) electrons. The molecule has 0 saturated carbocycles. The summed E-state index contributed by atoms with van der Waals surface area (Å²) in [6.45, 7) is 4.43. The van der Waals surface area contributed by atoms with Crippen LogP contribution in [0.5, 0.6) is 5.75 Å². The van der Waals surface area contributed by atoms with Crippen molar-refractivity contribution in [3.05, 3.63) is 99.5 Å². The molecule has 1 atom stereocenters. The Labute approximate surface area is 223 Å². The van der Waals surface area contributed by atoms with Gasteiger partial charge in [-0.3, -0.25) is 9.59 Å². The molecule has 190 valence electrons. The highest BCUT2D eigenvalue weighted by Gasteiger charge is 2.31. The van der Waals surface area contributed by atoms with Crippen LogP contribution in [-0.4, -0.2) is 35.9 Å². The fraction of sp³-hybridized carbons (Fsp3) is 0.310. The minimum atomic E-state index is -0.773. The summed E-state index contributed by atoms with van der Waals surface area (Å²) in [7, 11) is 0. The SMILES string of the molecule is CCCNC(=O)[C@@H](Cc1ccccc1)N(Cc1c(Cl)cccc1Cl)C(=O)COc1ccc(CC)cc1. The molecule has 2 amide bonds. The smallest absolute Gasteiger partial charge is 0.261 e. The van der Waals surface area contributed by atoms with Gasteiger partial charge in [-0.05, 0) is 48.2 Å². The van der Waals surface area contributed by atoms with Gasteiger partial charge in [0.25, 0.3) is 5.91 Å². The molecule has 0 unspecified atom stereocenters. The number of hydrogen-bond donors (Lipinski definition) is 1. The summed E-state index contributed by atoms with van der Waals surface area (Å²) in [4.78, 5) is 28.5. The second-order valence-electron chi connectivity index (χ2n) is 8.50. The van der Waals surface area contributed by atoms with Gasteiger partial charge in [-0.1, -0.05) is 85.6 Å². The molecule has 7 heteroatoms. The molecule has 0 aliphatic heterocycles. The number of nitrogens with zero attached hydrogens (tertiary/aromatic N) is 1. The van der Waals surface area contributed by atoms with Gasteiger partial charge < -0.3 is 15.0 Å². The van der Waals surface area contributed by atoms with Crippen LogP contribution in [0.15, 0.2) is 72.8 Å². The van der Waals surface area contributed by atoms with Gasteiger partial charge in [0.15, 0.2) is 6.61 Å². The zero-order chi connectivity index (χ0) is 25.9. The summed E-state index contributed by atoms with van der Waals surface area (Å²) < 4.78 is 5.82. The standard InChI is InChI=1S/C29H32Cl2N2O3/c1-3-17-32-29(35)27(18-22-9-6-5-7-10-22)33(19-24-25(30)11-8-12-26(24)31)28(34)20-36-23-15-13-21(4-2)14-16-23/h5-16,27H,3-4,17-20H2,1-2H3,(H,32,35)/t27-/m1/s1. The van der Waals surface area contributed by atoms with Crippen LogP contribution < -0.4 is 10.1 Å². The minimum absolute atomic E-state index is 0.0759. The van der Waals surface area contributed by atoms with Crippen LogP contribution in [0.1, 0.15) is 37.0 Å². The second-order valence-corrected chi connectivity index (χ2v) is 9.32. The lowest BCUT2D eigenvalue weighted by atomic mass is 10.0. The quantitative estimate of drug-likeness (QED) is 0.310. The van der Waals surface area contributed by atoms with E-state index in [1.807, 2.05) is 61.5 Å². The third kappa shape index (κ3) is 7.74. The molecule has 0 heterocycles. The van der Waals surface area contributed by atoms with Crippen LogP contribution in [0.4, 0.5) is 0 Å². The Morgan fingerprint density at radius 1 is 0.889 bits per heavy atom. The summed E-state index contributed by atoms with van der Waals surface area (Å²) >= 11 is 12.9. The molecule has 3 aromatic rings. The first kappa shape index (κ1) is 27.6. The maximum Gasteiger partial charge on any atom is 0.261 e. The van der Waals surface area contributed by atoms with Gasteiger partial charge in [-0.15, -0.1) is 0 Å². The van der Waals surface area contributed by atoms with Crippen molar-refractivity contribution < 1.29 is 14.3 Å². The van der Waals surface area contributed by atoms with E-state index in [0.717, 1.165) is 18.4 Å². The minimum Gasteiger partial charge on any atom is -0.484 e. The first-order valence-corrected chi connectivity index (χ1v) is 12.9. The zero-order valence-electron chi connectivity index (χ0n) is 20.7. The molecular formula is C29H32Cl2N2O3. The van der Waals surface area contributed by atoms with E-state index in [1.165, 1.54) is 10.5 Å².